The largest absolute Gasteiger partial charge is 0.454 e. The first kappa shape index (κ1) is 16.6. The normalized spacial score (nSPS) is 13.1. The van der Waals surface area contributed by atoms with E-state index in [0.29, 0.717) is 0 Å². The molecule has 0 bridgehead atoms. The highest BCUT2D eigenvalue weighted by molar-refractivity contribution is 7.19. The first-order chi connectivity index (χ1) is 12.8. The minimum absolute atomic E-state index is 0.185. The summed E-state index contributed by atoms with van der Waals surface area (Å²) in [4.78, 5) is 11.6. The molecule has 0 amide bonds. The van der Waals surface area contributed by atoms with Crippen LogP contribution in [0.5, 0.6) is 11.5 Å². The molecule has 4 heterocycles. The van der Waals surface area contributed by atoms with Gasteiger partial charge in [-0.3, -0.25) is 4.98 Å². The van der Waals surface area contributed by atoms with Crippen LogP contribution < -0.4 is 9.30 Å². The summed E-state index contributed by atoms with van der Waals surface area (Å²) in [5.41, 5.74) is 4.70. The quantitative estimate of drug-likeness (QED) is 0.371. The predicted molar refractivity (Wildman–Crippen MR) is 110 cm³/mol. The fraction of sp³-hybridized carbons (Fsp3) is 0.318. The van der Waals surface area contributed by atoms with Gasteiger partial charge in [0, 0.05) is 17.6 Å². The number of pyridine rings is 1. The van der Waals surface area contributed by atoms with Crippen molar-refractivity contribution >= 4 is 32.5 Å². The lowest BCUT2D eigenvalue weighted by atomic mass is 9.90. The second kappa shape index (κ2) is 5.49. The standard InChI is InChI=1S/C22H22N3OS/c1-12-13-7-6-8-23-14(13)9-15-17(12)19-18-20(26-15)16(10-22(2,3)4)27-21(18)24-11-25(19)5/h6-9,11H,10H2,1-5H3/q+1. The van der Waals surface area contributed by atoms with Crippen LogP contribution in [0.3, 0.4) is 0 Å². The van der Waals surface area contributed by atoms with Gasteiger partial charge < -0.3 is 4.74 Å². The van der Waals surface area contributed by atoms with E-state index in [2.05, 4.69) is 61.4 Å². The molecule has 0 unspecified atom stereocenters. The van der Waals surface area contributed by atoms with E-state index in [-0.39, 0.29) is 5.41 Å². The first-order valence-electron chi connectivity index (χ1n) is 9.20. The SMILES string of the molecule is Cc1c2c(cc3ncccc13)Oc1c(CC(C)(C)C)sc3nc[n+](C)c-2c13. The van der Waals surface area contributed by atoms with E-state index in [1.807, 2.05) is 18.6 Å². The average Bonchev–Trinajstić information content (AvgIpc) is 2.94. The van der Waals surface area contributed by atoms with E-state index >= 15 is 0 Å². The summed E-state index contributed by atoms with van der Waals surface area (Å²) in [6.07, 6.45) is 4.72. The Balaban J connectivity index is 1.88. The van der Waals surface area contributed by atoms with E-state index in [1.165, 1.54) is 21.5 Å². The Morgan fingerprint density at radius 3 is 2.81 bits per heavy atom. The molecule has 1 aliphatic rings. The number of hydrogen-bond donors (Lipinski definition) is 0. The number of thiophene rings is 1. The van der Waals surface area contributed by atoms with E-state index in [1.54, 1.807) is 11.3 Å². The molecule has 0 saturated heterocycles. The Hall–Kier alpha value is -2.53. The molecule has 4 nitrogen and oxygen atoms in total. The number of fused-ring (bicyclic) bond motifs is 3. The van der Waals surface area contributed by atoms with Gasteiger partial charge in [0.1, 0.15) is 11.1 Å². The van der Waals surface area contributed by atoms with E-state index in [9.17, 15) is 0 Å². The molecule has 5 rings (SSSR count). The van der Waals surface area contributed by atoms with Crippen LogP contribution in [0.15, 0.2) is 30.7 Å². The molecular formula is C22H22N3OS+. The van der Waals surface area contributed by atoms with Gasteiger partial charge in [-0.2, -0.15) is 0 Å². The number of nitrogens with zero attached hydrogens (tertiary/aromatic N) is 3. The van der Waals surface area contributed by atoms with E-state index in [0.717, 1.165) is 39.2 Å². The third-order valence-corrected chi connectivity index (χ3v) is 6.20. The van der Waals surface area contributed by atoms with Crippen LogP contribution in [0.4, 0.5) is 0 Å². The number of benzene rings is 1. The lowest BCUT2D eigenvalue weighted by Crippen LogP contribution is -2.32. The van der Waals surface area contributed by atoms with Crippen molar-refractivity contribution in [2.45, 2.75) is 34.1 Å². The van der Waals surface area contributed by atoms with Gasteiger partial charge in [-0.1, -0.05) is 38.2 Å². The van der Waals surface area contributed by atoms with Crippen molar-refractivity contribution in [1.82, 2.24) is 9.97 Å². The number of aromatic nitrogens is 3. The smallest absolute Gasteiger partial charge is 0.288 e. The molecule has 0 saturated carbocycles. The second-order valence-corrected chi connectivity index (χ2v) is 9.61. The Labute approximate surface area is 162 Å². The first-order valence-corrected chi connectivity index (χ1v) is 10.0. The third-order valence-electron chi connectivity index (χ3n) is 5.12. The van der Waals surface area contributed by atoms with Crippen LogP contribution in [-0.4, -0.2) is 9.97 Å². The number of rotatable bonds is 1. The van der Waals surface area contributed by atoms with Crippen LogP contribution in [0.25, 0.3) is 32.4 Å². The molecule has 1 aliphatic heterocycles. The highest BCUT2D eigenvalue weighted by Gasteiger charge is 2.34. The zero-order valence-corrected chi connectivity index (χ0v) is 17.1. The molecule has 0 N–H and O–H groups in total. The maximum atomic E-state index is 6.53. The summed E-state index contributed by atoms with van der Waals surface area (Å²) in [6, 6.07) is 6.20. The van der Waals surface area contributed by atoms with Gasteiger partial charge in [-0.15, -0.1) is 0 Å². The van der Waals surface area contributed by atoms with Crippen molar-refractivity contribution in [3.63, 3.8) is 0 Å². The molecule has 27 heavy (non-hydrogen) atoms. The van der Waals surface area contributed by atoms with Gasteiger partial charge in [0.2, 0.25) is 4.83 Å². The lowest BCUT2D eigenvalue weighted by Gasteiger charge is -2.22. The predicted octanol–water partition coefficient (Wildman–Crippen LogP) is 5.34. The molecule has 0 aliphatic carbocycles. The number of hydrogen-bond acceptors (Lipinski definition) is 4. The van der Waals surface area contributed by atoms with Gasteiger partial charge >= 0.3 is 0 Å². The fourth-order valence-corrected chi connectivity index (χ4v) is 5.35. The Morgan fingerprint density at radius 1 is 1.22 bits per heavy atom. The second-order valence-electron chi connectivity index (χ2n) is 8.52. The molecule has 136 valence electrons. The minimum Gasteiger partial charge on any atom is -0.454 e. The molecule has 5 heteroatoms. The highest BCUT2D eigenvalue weighted by atomic mass is 32.1. The minimum atomic E-state index is 0.185. The number of aryl methyl sites for hydroxylation is 2. The molecule has 0 atom stereocenters. The summed E-state index contributed by atoms with van der Waals surface area (Å²) in [7, 11) is 2.06. The zero-order chi connectivity index (χ0) is 18.9. The van der Waals surface area contributed by atoms with Crippen LogP contribution in [0, 0.1) is 12.3 Å². The van der Waals surface area contributed by atoms with Crippen LogP contribution >= 0.6 is 11.3 Å². The Bertz CT molecular complexity index is 1230. The van der Waals surface area contributed by atoms with Gasteiger partial charge in [-0.25, -0.2) is 4.57 Å². The molecule has 0 radical (unpaired) electrons. The summed E-state index contributed by atoms with van der Waals surface area (Å²) >= 11 is 1.75. The topological polar surface area (TPSA) is 38.9 Å². The Morgan fingerprint density at radius 2 is 2.04 bits per heavy atom. The fourth-order valence-electron chi connectivity index (χ4n) is 3.98. The molecular weight excluding hydrogens is 354 g/mol. The monoisotopic (exact) mass is 376 g/mol. The highest BCUT2D eigenvalue weighted by Crippen LogP contribution is 2.52. The van der Waals surface area contributed by atoms with E-state index in [4.69, 9.17) is 4.74 Å². The van der Waals surface area contributed by atoms with Crippen LogP contribution in [0.2, 0.25) is 0 Å². The molecule has 1 aromatic carbocycles. The van der Waals surface area contributed by atoms with Crippen LogP contribution in [-0.2, 0) is 13.5 Å². The summed E-state index contributed by atoms with van der Waals surface area (Å²) in [5.74, 6) is 1.87. The van der Waals surface area contributed by atoms with Crippen molar-refractivity contribution in [2.24, 2.45) is 12.5 Å². The van der Waals surface area contributed by atoms with Gasteiger partial charge in [0.15, 0.2) is 11.4 Å². The summed E-state index contributed by atoms with van der Waals surface area (Å²) < 4.78 is 8.65. The van der Waals surface area contributed by atoms with Gasteiger partial charge in [0.05, 0.1) is 23.0 Å². The van der Waals surface area contributed by atoms with Crippen molar-refractivity contribution in [3.8, 4) is 22.8 Å². The van der Waals surface area contributed by atoms with E-state index < -0.39 is 0 Å². The molecule has 4 aromatic rings. The summed E-state index contributed by atoms with van der Waals surface area (Å²) in [5, 5.41) is 2.31. The number of ether oxygens (including phenoxy) is 1. The maximum Gasteiger partial charge on any atom is 0.288 e. The average molecular weight is 377 g/mol. The maximum absolute atomic E-state index is 6.53. The van der Waals surface area contributed by atoms with Crippen molar-refractivity contribution in [3.05, 3.63) is 41.2 Å². The Kier molecular flexibility index (Phi) is 3.38. The zero-order valence-electron chi connectivity index (χ0n) is 16.3. The van der Waals surface area contributed by atoms with Gasteiger partial charge in [-0.05, 0) is 35.4 Å². The van der Waals surface area contributed by atoms with Crippen LogP contribution in [0.1, 0.15) is 31.2 Å². The van der Waals surface area contributed by atoms with Crippen molar-refractivity contribution in [1.29, 1.82) is 0 Å². The lowest BCUT2D eigenvalue weighted by molar-refractivity contribution is -0.662. The van der Waals surface area contributed by atoms with Gasteiger partial charge in [0.25, 0.3) is 6.33 Å². The molecule has 3 aromatic heterocycles. The third kappa shape index (κ3) is 2.45. The molecule has 0 spiro atoms. The van der Waals surface area contributed by atoms with Crippen molar-refractivity contribution in [2.75, 3.05) is 0 Å². The summed E-state index contributed by atoms with van der Waals surface area (Å²) in [6.45, 7) is 8.94. The molecule has 0 fully saturated rings. The van der Waals surface area contributed by atoms with Crippen molar-refractivity contribution < 1.29 is 9.30 Å².